The summed E-state index contributed by atoms with van der Waals surface area (Å²) in [4.78, 5) is 13.8. The van der Waals surface area contributed by atoms with E-state index in [9.17, 15) is 4.79 Å². The molecule has 0 aliphatic carbocycles. The molecule has 0 saturated carbocycles. The highest BCUT2D eigenvalue weighted by Gasteiger charge is 2.11. The smallest absolute Gasteiger partial charge is 0.304 e. The Morgan fingerprint density at radius 1 is 1.44 bits per heavy atom. The van der Waals surface area contributed by atoms with Gasteiger partial charge in [-0.3, -0.25) is 4.79 Å². The van der Waals surface area contributed by atoms with E-state index in [2.05, 4.69) is 24.3 Å². The van der Waals surface area contributed by atoms with E-state index >= 15 is 0 Å². The van der Waals surface area contributed by atoms with Gasteiger partial charge in [0.1, 0.15) is 0 Å². The van der Waals surface area contributed by atoms with Gasteiger partial charge in [0.25, 0.3) is 0 Å². The lowest BCUT2D eigenvalue weighted by molar-refractivity contribution is -0.137. The number of hydrogen-bond donors (Lipinski definition) is 2. The van der Waals surface area contributed by atoms with Crippen LogP contribution in [0.15, 0.2) is 29.2 Å². The second-order valence-corrected chi connectivity index (χ2v) is 5.28. The van der Waals surface area contributed by atoms with Crippen LogP contribution in [0.5, 0.6) is 0 Å². The highest BCUT2D eigenvalue weighted by molar-refractivity contribution is 7.98. The van der Waals surface area contributed by atoms with Gasteiger partial charge in [-0.25, -0.2) is 0 Å². The van der Waals surface area contributed by atoms with Crippen LogP contribution >= 0.6 is 11.8 Å². The van der Waals surface area contributed by atoms with Gasteiger partial charge in [0.2, 0.25) is 0 Å². The molecular formula is C13H20N2O2S. The Balaban J connectivity index is 2.43. The Morgan fingerprint density at radius 2 is 2.06 bits per heavy atom. The van der Waals surface area contributed by atoms with Gasteiger partial charge >= 0.3 is 5.97 Å². The molecule has 0 radical (unpaired) electrons. The fourth-order valence-corrected chi connectivity index (χ4v) is 2.20. The molecule has 1 rings (SSSR count). The number of aliphatic carboxylic acids is 1. The van der Waals surface area contributed by atoms with Crippen LogP contribution in [0.3, 0.4) is 0 Å². The van der Waals surface area contributed by atoms with Crippen molar-refractivity contribution >= 4 is 17.7 Å². The number of rotatable bonds is 7. The van der Waals surface area contributed by atoms with Crippen molar-refractivity contribution in [3.63, 3.8) is 0 Å². The van der Waals surface area contributed by atoms with Crippen molar-refractivity contribution in [1.29, 1.82) is 0 Å². The highest BCUT2D eigenvalue weighted by atomic mass is 32.2. The number of carboxylic acid groups (broad SMARTS) is 1. The van der Waals surface area contributed by atoms with Crippen molar-refractivity contribution < 1.29 is 9.90 Å². The predicted octanol–water partition coefficient (Wildman–Crippen LogP) is 1.64. The Morgan fingerprint density at radius 3 is 2.56 bits per heavy atom. The number of nitrogens with zero attached hydrogens (tertiary/aromatic N) is 1. The molecule has 0 heterocycles. The van der Waals surface area contributed by atoms with Crippen molar-refractivity contribution in [2.75, 3.05) is 19.8 Å². The van der Waals surface area contributed by atoms with Crippen LogP contribution in [0.4, 0.5) is 0 Å². The van der Waals surface area contributed by atoms with E-state index < -0.39 is 5.97 Å². The van der Waals surface area contributed by atoms with Crippen molar-refractivity contribution in [3.05, 3.63) is 29.8 Å². The summed E-state index contributed by atoms with van der Waals surface area (Å²) in [6.07, 6.45) is 2.06. The Kier molecular flexibility index (Phi) is 6.18. The third kappa shape index (κ3) is 5.53. The average molecular weight is 268 g/mol. The monoisotopic (exact) mass is 268 g/mol. The van der Waals surface area contributed by atoms with Crippen LogP contribution in [-0.4, -0.2) is 41.9 Å². The number of thioether (sulfide) groups is 1. The maximum Gasteiger partial charge on any atom is 0.304 e. The van der Waals surface area contributed by atoms with Gasteiger partial charge in [0.05, 0.1) is 6.42 Å². The van der Waals surface area contributed by atoms with Gasteiger partial charge in [0.15, 0.2) is 0 Å². The molecule has 0 amide bonds. The summed E-state index contributed by atoms with van der Waals surface area (Å²) in [5.41, 5.74) is 6.96. The average Bonchev–Trinajstić information content (AvgIpc) is 2.28. The number of benzene rings is 1. The van der Waals surface area contributed by atoms with Crippen LogP contribution in [0.1, 0.15) is 12.0 Å². The number of likely N-dealkylation sites (N-methyl/N-ethyl adjacent to an activating group) is 1. The fourth-order valence-electron chi connectivity index (χ4n) is 1.80. The summed E-state index contributed by atoms with van der Waals surface area (Å²) in [7, 11) is 1.95. The molecule has 4 nitrogen and oxygen atoms in total. The Bertz CT molecular complexity index is 381. The molecule has 5 heteroatoms. The number of hydrogen-bond acceptors (Lipinski definition) is 4. The van der Waals surface area contributed by atoms with E-state index in [4.69, 9.17) is 10.8 Å². The standard InChI is InChI=1S/C13H20N2O2S/c1-15(9-11(14)7-13(16)17)8-10-3-5-12(18-2)6-4-10/h3-6,11H,7-9,14H2,1-2H3,(H,16,17). The molecule has 1 aromatic rings. The van der Waals surface area contributed by atoms with E-state index in [-0.39, 0.29) is 12.5 Å². The molecule has 0 spiro atoms. The molecule has 1 aromatic carbocycles. The lowest BCUT2D eigenvalue weighted by atomic mass is 10.2. The first kappa shape index (κ1) is 15.0. The summed E-state index contributed by atoms with van der Waals surface area (Å²) in [6.45, 7) is 1.36. The SMILES string of the molecule is CSc1ccc(CN(C)CC(N)CC(=O)O)cc1. The molecular weight excluding hydrogens is 248 g/mol. The van der Waals surface area contributed by atoms with E-state index in [1.807, 2.05) is 18.2 Å². The first-order valence-electron chi connectivity index (χ1n) is 5.80. The van der Waals surface area contributed by atoms with Gasteiger partial charge in [-0.2, -0.15) is 0 Å². The zero-order valence-corrected chi connectivity index (χ0v) is 11.6. The van der Waals surface area contributed by atoms with Crippen molar-refractivity contribution in [2.24, 2.45) is 5.73 Å². The normalized spacial score (nSPS) is 12.7. The van der Waals surface area contributed by atoms with Crippen LogP contribution in [0.25, 0.3) is 0 Å². The van der Waals surface area contributed by atoms with E-state index in [1.54, 1.807) is 11.8 Å². The zero-order valence-electron chi connectivity index (χ0n) is 10.8. The van der Waals surface area contributed by atoms with Gasteiger partial charge in [0, 0.05) is 24.0 Å². The maximum absolute atomic E-state index is 10.5. The molecule has 1 unspecified atom stereocenters. The molecule has 3 N–H and O–H groups in total. The third-order valence-corrected chi connectivity index (χ3v) is 3.34. The van der Waals surface area contributed by atoms with Gasteiger partial charge in [-0.05, 0) is 31.0 Å². The third-order valence-electron chi connectivity index (χ3n) is 2.59. The Hall–Kier alpha value is -1.04. The van der Waals surface area contributed by atoms with Crippen LogP contribution in [0.2, 0.25) is 0 Å². The van der Waals surface area contributed by atoms with Gasteiger partial charge in [-0.1, -0.05) is 12.1 Å². The van der Waals surface area contributed by atoms with Crippen molar-refractivity contribution in [3.8, 4) is 0 Å². The fraction of sp³-hybridized carbons (Fsp3) is 0.462. The molecule has 0 saturated heterocycles. The summed E-state index contributed by atoms with van der Waals surface area (Å²) < 4.78 is 0. The summed E-state index contributed by atoms with van der Waals surface area (Å²) in [5, 5.41) is 8.64. The molecule has 0 aromatic heterocycles. The first-order valence-corrected chi connectivity index (χ1v) is 7.02. The van der Waals surface area contributed by atoms with E-state index in [0.717, 1.165) is 6.54 Å². The Labute approximate surface area is 112 Å². The summed E-state index contributed by atoms with van der Waals surface area (Å²) in [6, 6.07) is 8.03. The summed E-state index contributed by atoms with van der Waals surface area (Å²) in [5.74, 6) is -0.847. The molecule has 0 bridgehead atoms. The summed E-state index contributed by atoms with van der Waals surface area (Å²) >= 11 is 1.71. The quantitative estimate of drug-likeness (QED) is 0.736. The second-order valence-electron chi connectivity index (χ2n) is 4.40. The maximum atomic E-state index is 10.5. The van der Waals surface area contributed by atoms with E-state index in [1.165, 1.54) is 10.5 Å². The number of nitrogens with two attached hydrogens (primary N) is 1. The van der Waals surface area contributed by atoms with Gasteiger partial charge < -0.3 is 15.7 Å². The lowest BCUT2D eigenvalue weighted by Crippen LogP contribution is -2.36. The van der Waals surface area contributed by atoms with E-state index in [0.29, 0.717) is 6.54 Å². The molecule has 0 aliphatic heterocycles. The van der Waals surface area contributed by atoms with Crippen LogP contribution in [-0.2, 0) is 11.3 Å². The lowest BCUT2D eigenvalue weighted by Gasteiger charge is -2.20. The van der Waals surface area contributed by atoms with Gasteiger partial charge in [-0.15, -0.1) is 11.8 Å². The highest BCUT2D eigenvalue weighted by Crippen LogP contribution is 2.15. The minimum absolute atomic E-state index is 0.00968. The van der Waals surface area contributed by atoms with Crippen molar-refractivity contribution in [1.82, 2.24) is 4.90 Å². The molecule has 18 heavy (non-hydrogen) atoms. The largest absolute Gasteiger partial charge is 0.481 e. The van der Waals surface area contributed by atoms with Crippen molar-refractivity contribution in [2.45, 2.75) is 23.9 Å². The molecule has 100 valence electrons. The molecule has 0 fully saturated rings. The minimum atomic E-state index is -0.847. The predicted molar refractivity (Wildman–Crippen MR) is 74.8 cm³/mol. The topological polar surface area (TPSA) is 66.6 Å². The molecule has 1 atom stereocenters. The molecule has 0 aliphatic rings. The first-order chi connectivity index (χ1) is 8.51. The number of carbonyl (C=O) groups is 1. The number of carboxylic acids is 1. The minimum Gasteiger partial charge on any atom is -0.481 e. The van der Waals surface area contributed by atoms with Crippen LogP contribution in [0, 0.1) is 0 Å². The second kappa shape index (κ2) is 7.41. The van der Waals surface area contributed by atoms with Crippen LogP contribution < -0.4 is 5.73 Å². The zero-order chi connectivity index (χ0) is 13.5.